The smallest absolute Gasteiger partial charge is 0.297 e. The summed E-state index contributed by atoms with van der Waals surface area (Å²) in [6.07, 6.45) is -0.0115. The highest BCUT2D eigenvalue weighted by Crippen LogP contribution is 2.31. The molecule has 0 aromatic carbocycles. The van der Waals surface area contributed by atoms with Crippen LogP contribution in [0.4, 0.5) is 13.2 Å². The van der Waals surface area contributed by atoms with E-state index >= 15 is 0 Å². The number of halogens is 4. The first-order valence-electron chi connectivity index (χ1n) is 7.97. The van der Waals surface area contributed by atoms with E-state index in [1.807, 2.05) is 12.1 Å². The van der Waals surface area contributed by atoms with Crippen molar-refractivity contribution in [3.05, 3.63) is 58.6 Å². The lowest BCUT2D eigenvalue weighted by Gasteiger charge is -2.34. The van der Waals surface area contributed by atoms with Gasteiger partial charge in [0, 0.05) is 57.9 Å². The van der Waals surface area contributed by atoms with Gasteiger partial charge in [-0.05, 0) is 23.8 Å². The summed E-state index contributed by atoms with van der Waals surface area (Å²) in [4.78, 5) is 12.4. The van der Waals surface area contributed by atoms with Crippen LogP contribution in [0.1, 0.15) is 16.8 Å². The Morgan fingerprint density at radius 3 is 2.16 bits per heavy atom. The molecule has 1 fully saturated rings. The third kappa shape index (κ3) is 4.90. The summed E-state index contributed by atoms with van der Waals surface area (Å²) in [6, 6.07) is 4.94. The topological polar surface area (TPSA) is 32.3 Å². The molecule has 1 aliphatic rings. The molecule has 0 unspecified atom stereocenters. The molecule has 0 spiro atoms. The second-order valence-corrected chi connectivity index (χ2v) is 6.47. The van der Waals surface area contributed by atoms with Crippen molar-refractivity contribution in [2.75, 3.05) is 26.2 Å². The predicted octanol–water partition coefficient (Wildman–Crippen LogP) is 3.47. The molecule has 3 heterocycles. The Morgan fingerprint density at radius 1 is 1.00 bits per heavy atom. The van der Waals surface area contributed by atoms with Gasteiger partial charge in [-0.3, -0.25) is 19.8 Å². The van der Waals surface area contributed by atoms with Crippen molar-refractivity contribution in [2.45, 2.75) is 19.3 Å². The van der Waals surface area contributed by atoms with Gasteiger partial charge in [-0.15, -0.1) is 0 Å². The number of nitrogens with zero attached hydrogens (tertiary/aromatic N) is 4. The number of hydrogen-bond acceptors (Lipinski definition) is 4. The fraction of sp³-hybridized carbons (Fsp3) is 0.412. The standard InChI is InChI=1S/C17H18ClF3N4/c18-15-9-14(17(19,20)21)10-23-16(15)12-25-7-5-24(6-8-25)11-13-1-3-22-4-2-13/h1-4,9-10H,5-8,11-12H2. The van der Waals surface area contributed by atoms with Gasteiger partial charge in [-0.25, -0.2) is 0 Å². The third-order valence-corrected chi connectivity index (χ3v) is 4.57. The summed E-state index contributed by atoms with van der Waals surface area (Å²) in [7, 11) is 0. The highest BCUT2D eigenvalue weighted by atomic mass is 35.5. The van der Waals surface area contributed by atoms with Crippen LogP contribution in [-0.2, 0) is 19.3 Å². The van der Waals surface area contributed by atoms with Crippen molar-refractivity contribution >= 4 is 11.6 Å². The number of aromatic nitrogens is 2. The van der Waals surface area contributed by atoms with E-state index in [9.17, 15) is 13.2 Å². The van der Waals surface area contributed by atoms with Crippen molar-refractivity contribution in [3.63, 3.8) is 0 Å². The van der Waals surface area contributed by atoms with Crippen LogP contribution in [0.5, 0.6) is 0 Å². The molecular weight excluding hydrogens is 353 g/mol. The van der Waals surface area contributed by atoms with Crippen LogP contribution in [0, 0.1) is 0 Å². The molecule has 2 aromatic rings. The van der Waals surface area contributed by atoms with Gasteiger partial charge < -0.3 is 0 Å². The molecule has 8 heteroatoms. The molecule has 25 heavy (non-hydrogen) atoms. The monoisotopic (exact) mass is 370 g/mol. The maximum absolute atomic E-state index is 12.7. The summed E-state index contributed by atoms with van der Waals surface area (Å²) in [5, 5.41) is 0.0639. The second-order valence-electron chi connectivity index (χ2n) is 6.06. The van der Waals surface area contributed by atoms with Gasteiger partial charge in [0.05, 0.1) is 16.3 Å². The molecule has 1 saturated heterocycles. The molecule has 0 aliphatic carbocycles. The van der Waals surface area contributed by atoms with Crippen LogP contribution < -0.4 is 0 Å². The van der Waals surface area contributed by atoms with E-state index in [0.717, 1.165) is 45.0 Å². The Hall–Kier alpha value is -1.70. The fourth-order valence-corrected chi connectivity index (χ4v) is 3.03. The molecule has 4 nitrogen and oxygen atoms in total. The van der Waals surface area contributed by atoms with E-state index in [4.69, 9.17) is 11.6 Å². The number of piperazine rings is 1. The maximum atomic E-state index is 12.7. The van der Waals surface area contributed by atoms with E-state index in [1.165, 1.54) is 5.56 Å². The Morgan fingerprint density at radius 2 is 1.60 bits per heavy atom. The van der Waals surface area contributed by atoms with Crippen molar-refractivity contribution in [2.24, 2.45) is 0 Å². The number of alkyl halides is 3. The molecule has 1 aliphatic heterocycles. The van der Waals surface area contributed by atoms with Crippen LogP contribution in [-0.4, -0.2) is 45.9 Å². The van der Waals surface area contributed by atoms with Crippen LogP contribution in [0.15, 0.2) is 36.8 Å². The van der Waals surface area contributed by atoms with Gasteiger partial charge in [-0.1, -0.05) is 11.6 Å². The Balaban J connectivity index is 1.54. The predicted molar refractivity (Wildman–Crippen MR) is 89.0 cm³/mol. The number of hydrogen-bond donors (Lipinski definition) is 0. The fourth-order valence-electron chi connectivity index (χ4n) is 2.80. The van der Waals surface area contributed by atoms with Crippen LogP contribution >= 0.6 is 11.6 Å². The summed E-state index contributed by atoms with van der Waals surface area (Å²) >= 11 is 5.99. The molecule has 0 N–H and O–H groups in total. The maximum Gasteiger partial charge on any atom is 0.417 e. The van der Waals surface area contributed by atoms with Crippen molar-refractivity contribution < 1.29 is 13.2 Å². The zero-order valence-electron chi connectivity index (χ0n) is 13.5. The average molecular weight is 371 g/mol. The van der Waals surface area contributed by atoms with E-state index < -0.39 is 11.7 Å². The summed E-state index contributed by atoms with van der Waals surface area (Å²) in [6.45, 7) is 4.76. The van der Waals surface area contributed by atoms with Gasteiger partial charge >= 0.3 is 6.18 Å². The van der Waals surface area contributed by atoms with Gasteiger partial charge in [-0.2, -0.15) is 13.2 Å². The van der Waals surface area contributed by atoms with E-state index in [-0.39, 0.29) is 5.02 Å². The van der Waals surface area contributed by atoms with Crippen molar-refractivity contribution in [1.82, 2.24) is 19.8 Å². The summed E-state index contributed by atoms with van der Waals surface area (Å²) in [5.41, 5.74) is 0.886. The lowest BCUT2D eigenvalue weighted by Crippen LogP contribution is -2.45. The van der Waals surface area contributed by atoms with Gasteiger partial charge in [0.15, 0.2) is 0 Å². The highest BCUT2D eigenvalue weighted by Gasteiger charge is 2.31. The Bertz CT molecular complexity index is 701. The molecule has 2 aromatic heterocycles. The number of pyridine rings is 2. The Labute approximate surface area is 149 Å². The molecule has 0 bridgehead atoms. The normalized spacial score (nSPS) is 17.0. The molecule has 3 rings (SSSR count). The average Bonchev–Trinajstić information content (AvgIpc) is 2.58. The van der Waals surface area contributed by atoms with Crippen molar-refractivity contribution in [1.29, 1.82) is 0 Å². The summed E-state index contributed by atoms with van der Waals surface area (Å²) in [5.74, 6) is 0. The zero-order valence-corrected chi connectivity index (χ0v) is 14.3. The lowest BCUT2D eigenvalue weighted by molar-refractivity contribution is -0.137. The highest BCUT2D eigenvalue weighted by molar-refractivity contribution is 6.31. The first-order valence-corrected chi connectivity index (χ1v) is 8.35. The molecular formula is C17H18ClF3N4. The minimum Gasteiger partial charge on any atom is -0.297 e. The molecule has 0 amide bonds. The second kappa shape index (κ2) is 7.68. The van der Waals surface area contributed by atoms with Gasteiger partial charge in [0.1, 0.15) is 0 Å². The lowest BCUT2D eigenvalue weighted by atomic mass is 10.2. The quantitative estimate of drug-likeness (QED) is 0.825. The van der Waals surface area contributed by atoms with Gasteiger partial charge in [0.2, 0.25) is 0 Å². The Kier molecular flexibility index (Phi) is 5.56. The SMILES string of the molecule is FC(F)(F)c1cnc(CN2CCN(Cc3ccncc3)CC2)c(Cl)c1. The first kappa shape index (κ1) is 18.1. The van der Waals surface area contributed by atoms with E-state index in [0.29, 0.717) is 12.2 Å². The number of rotatable bonds is 4. The van der Waals surface area contributed by atoms with E-state index in [1.54, 1.807) is 12.4 Å². The minimum absolute atomic E-state index is 0.0639. The van der Waals surface area contributed by atoms with Crippen LogP contribution in [0.2, 0.25) is 5.02 Å². The molecule has 0 saturated carbocycles. The molecule has 0 atom stereocenters. The zero-order chi connectivity index (χ0) is 17.9. The molecule has 0 radical (unpaired) electrons. The largest absolute Gasteiger partial charge is 0.417 e. The van der Waals surface area contributed by atoms with Gasteiger partial charge in [0.25, 0.3) is 0 Å². The van der Waals surface area contributed by atoms with E-state index in [2.05, 4.69) is 19.8 Å². The summed E-state index contributed by atoms with van der Waals surface area (Å²) < 4.78 is 38.0. The minimum atomic E-state index is -4.42. The third-order valence-electron chi connectivity index (χ3n) is 4.24. The van der Waals surface area contributed by atoms with Crippen LogP contribution in [0.3, 0.4) is 0 Å². The molecule has 134 valence electrons. The first-order chi connectivity index (χ1) is 11.9. The van der Waals surface area contributed by atoms with Crippen molar-refractivity contribution in [3.8, 4) is 0 Å². The van der Waals surface area contributed by atoms with Crippen LogP contribution in [0.25, 0.3) is 0 Å².